The highest BCUT2D eigenvalue weighted by atomic mass is 79.9. The van der Waals surface area contributed by atoms with Gasteiger partial charge < -0.3 is 5.11 Å². The molecule has 3 nitrogen and oxygen atoms in total. The lowest BCUT2D eigenvalue weighted by Crippen LogP contribution is -2.54. The molecule has 0 aromatic carbocycles. The Balaban J connectivity index is 2.36. The van der Waals surface area contributed by atoms with Gasteiger partial charge in [0, 0.05) is 23.5 Å². The smallest absolute Gasteiger partial charge is 0.316 e. The van der Waals surface area contributed by atoms with Crippen molar-refractivity contribution in [2.45, 2.75) is 24.2 Å². The van der Waals surface area contributed by atoms with Crippen LogP contribution >= 0.6 is 15.9 Å². The van der Waals surface area contributed by atoms with Crippen molar-refractivity contribution in [1.82, 2.24) is 4.98 Å². The molecule has 1 aromatic rings. The Labute approximate surface area is 98.6 Å². The molecule has 0 bridgehead atoms. The average Bonchev–Trinajstić information content (AvgIpc) is 2.14. The lowest BCUT2D eigenvalue weighted by atomic mass is 9.64. The summed E-state index contributed by atoms with van der Waals surface area (Å²) in [4.78, 5) is 15.0. The van der Waals surface area contributed by atoms with Crippen LogP contribution < -0.4 is 0 Å². The lowest BCUT2D eigenvalue weighted by molar-refractivity contribution is -0.174. The van der Waals surface area contributed by atoms with E-state index in [1.165, 1.54) is 12.3 Å². The van der Waals surface area contributed by atoms with Gasteiger partial charge in [0.15, 0.2) is 0 Å². The minimum Gasteiger partial charge on any atom is -0.481 e. The second-order valence-electron chi connectivity index (χ2n) is 3.96. The van der Waals surface area contributed by atoms with Gasteiger partial charge in [0.1, 0.15) is 5.41 Å². The number of aliphatic carboxylic acids is 1. The maximum Gasteiger partial charge on any atom is 0.316 e. The summed E-state index contributed by atoms with van der Waals surface area (Å²) in [6.07, 6.45) is 0.0599. The molecule has 6 heteroatoms. The number of hydrogen-bond acceptors (Lipinski definition) is 2. The first kappa shape index (κ1) is 11.4. The summed E-state index contributed by atoms with van der Waals surface area (Å²) in [6, 6.07) is 3.07. The first-order chi connectivity index (χ1) is 7.36. The van der Waals surface area contributed by atoms with E-state index in [1.54, 1.807) is 6.07 Å². The van der Waals surface area contributed by atoms with Gasteiger partial charge in [-0.25, -0.2) is 8.78 Å². The van der Waals surface area contributed by atoms with Crippen molar-refractivity contribution in [3.63, 3.8) is 0 Å². The highest BCUT2D eigenvalue weighted by Gasteiger charge is 2.62. The Morgan fingerprint density at radius 3 is 2.44 bits per heavy atom. The van der Waals surface area contributed by atoms with Crippen LogP contribution in [0.4, 0.5) is 8.78 Å². The molecule has 1 aliphatic carbocycles. The van der Waals surface area contributed by atoms with Gasteiger partial charge in [0.2, 0.25) is 0 Å². The Bertz CT molecular complexity index is 425. The molecule has 0 spiro atoms. The topological polar surface area (TPSA) is 50.2 Å². The molecule has 0 atom stereocenters. The molecule has 1 heterocycles. The maximum absolute atomic E-state index is 12.9. The molecule has 0 saturated heterocycles. The van der Waals surface area contributed by atoms with Crippen molar-refractivity contribution in [1.29, 1.82) is 0 Å². The van der Waals surface area contributed by atoms with E-state index in [-0.39, 0.29) is 5.69 Å². The third-order valence-corrected chi connectivity index (χ3v) is 3.22. The van der Waals surface area contributed by atoms with E-state index in [0.717, 1.165) is 0 Å². The van der Waals surface area contributed by atoms with Crippen LogP contribution in [0.5, 0.6) is 0 Å². The van der Waals surface area contributed by atoms with Crippen molar-refractivity contribution in [3.05, 3.63) is 28.5 Å². The zero-order valence-corrected chi connectivity index (χ0v) is 9.67. The number of hydrogen-bond donors (Lipinski definition) is 1. The molecular weight excluding hydrogens is 284 g/mol. The molecule has 2 rings (SSSR count). The van der Waals surface area contributed by atoms with Gasteiger partial charge >= 0.3 is 5.97 Å². The predicted octanol–water partition coefficient (Wildman–Crippen LogP) is 2.60. The van der Waals surface area contributed by atoms with E-state index in [9.17, 15) is 13.6 Å². The van der Waals surface area contributed by atoms with Gasteiger partial charge in [0.25, 0.3) is 5.92 Å². The molecule has 86 valence electrons. The first-order valence-corrected chi connectivity index (χ1v) is 5.38. The third-order valence-electron chi connectivity index (χ3n) is 2.75. The summed E-state index contributed by atoms with van der Waals surface area (Å²) in [5, 5.41) is 9.05. The molecule has 16 heavy (non-hydrogen) atoms. The molecule has 0 aliphatic heterocycles. The van der Waals surface area contributed by atoms with E-state index in [2.05, 4.69) is 20.9 Å². The van der Waals surface area contributed by atoms with Crippen molar-refractivity contribution in [2.24, 2.45) is 0 Å². The highest BCUT2D eigenvalue weighted by molar-refractivity contribution is 9.10. The quantitative estimate of drug-likeness (QED) is 0.911. The van der Waals surface area contributed by atoms with Gasteiger partial charge in [-0.05, 0) is 28.1 Å². The van der Waals surface area contributed by atoms with Gasteiger partial charge in [-0.2, -0.15) is 0 Å². The number of alkyl halides is 2. The number of rotatable bonds is 2. The summed E-state index contributed by atoms with van der Waals surface area (Å²) >= 11 is 3.15. The van der Waals surface area contributed by atoms with Crippen molar-refractivity contribution < 1.29 is 18.7 Å². The Kier molecular flexibility index (Phi) is 2.49. The molecule has 0 unspecified atom stereocenters. The average molecular weight is 292 g/mol. The van der Waals surface area contributed by atoms with Crippen LogP contribution in [0.2, 0.25) is 0 Å². The monoisotopic (exact) mass is 291 g/mol. The number of nitrogens with zero attached hydrogens (tertiary/aromatic N) is 1. The van der Waals surface area contributed by atoms with E-state index in [1.807, 2.05) is 0 Å². The number of aromatic nitrogens is 1. The third kappa shape index (κ3) is 1.71. The Morgan fingerprint density at radius 2 is 2.06 bits per heavy atom. The summed E-state index contributed by atoms with van der Waals surface area (Å²) in [5.74, 6) is -4.14. The molecular formula is C10H8BrF2NO2. The normalized spacial score (nSPS) is 21.2. The highest BCUT2D eigenvalue weighted by Crippen LogP contribution is 2.53. The number of carbonyl (C=O) groups is 1. The fourth-order valence-corrected chi connectivity index (χ4v) is 2.17. The molecule has 1 aliphatic rings. The zero-order chi connectivity index (χ0) is 12.0. The first-order valence-electron chi connectivity index (χ1n) is 4.59. The Morgan fingerprint density at radius 1 is 1.44 bits per heavy atom. The predicted molar refractivity (Wildman–Crippen MR) is 55.4 cm³/mol. The molecule has 1 aromatic heterocycles. The number of carboxylic acid groups (broad SMARTS) is 1. The SMILES string of the molecule is O=C(O)C1(c2ccc(Br)cn2)CC(F)(F)C1. The van der Waals surface area contributed by atoms with Crippen LogP contribution in [0.1, 0.15) is 18.5 Å². The minimum atomic E-state index is -2.90. The molecule has 1 N–H and O–H groups in total. The van der Waals surface area contributed by atoms with Gasteiger partial charge in [-0.3, -0.25) is 9.78 Å². The number of pyridine rings is 1. The summed E-state index contributed by atoms with van der Waals surface area (Å²) in [6.45, 7) is 0. The van der Waals surface area contributed by atoms with Crippen LogP contribution in [0.15, 0.2) is 22.8 Å². The van der Waals surface area contributed by atoms with E-state index >= 15 is 0 Å². The zero-order valence-electron chi connectivity index (χ0n) is 8.08. The summed E-state index contributed by atoms with van der Waals surface area (Å²) in [7, 11) is 0. The van der Waals surface area contributed by atoms with Crippen LogP contribution in [-0.4, -0.2) is 22.0 Å². The van der Waals surface area contributed by atoms with Gasteiger partial charge in [-0.15, -0.1) is 0 Å². The fourth-order valence-electron chi connectivity index (χ4n) is 1.93. The van der Waals surface area contributed by atoms with Gasteiger partial charge in [-0.1, -0.05) is 0 Å². The molecule has 1 saturated carbocycles. The van der Waals surface area contributed by atoms with Crippen molar-refractivity contribution in [2.75, 3.05) is 0 Å². The largest absolute Gasteiger partial charge is 0.481 e. The van der Waals surface area contributed by atoms with E-state index in [4.69, 9.17) is 5.11 Å². The van der Waals surface area contributed by atoms with Crippen molar-refractivity contribution >= 4 is 21.9 Å². The van der Waals surface area contributed by atoms with Crippen LogP contribution in [0, 0.1) is 0 Å². The van der Waals surface area contributed by atoms with Crippen LogP contribution in [0.25, 0.3) is 0 Å². The molecule has 0 amide bonds. The summed E-state index contributed by atoms with van der Waals surface area (Å²) in [5.41, 5.74) is -1.33. The van der Waals surface area contributed by atoms with E-state index in [0.29, 0.717) is 4.47 Å². The molecule has 1 fully saturated rings. The second kappa shape index (κ2) is 3.48. The Hall–Kier alpha value is -1.04. The maximum atomic E-state index is 12.9. The summed E-state index contributed by atoms with van der Waals surface area (Å²) < 4.78 is 26.4. The van der Waals surface area contributed by atoms with Crippen LogP contribution in [-0.2, 0) is 10.2 Å². The lowest BCUT2D eigenvalue weighted by Gasteiger charge is -2.43. The van der Waals surface area contributed by atoms with E-state index < -0.39 is 30.1 Å². The van der Waals surface area contributed by atoms with Gasteiger partial charge in [0.05, 0.1) is 5.69 Å². The minimum absolute atomic E-state index is 0.189. The number of halogens is 3. The molecule has 0 radical (unpaired) electrons. The van der Waals surface area contributed by atoms with Crippen molar-refractivity contribution in [3.8, 4) is 0 Å². The van der Waals surface area contributed by atoms with Crippen LogP contribution in [0.3, 0.4) is 0 Å². The standard InChI is InChI=1S/C10H8BrF2NO2/c11-6-1-2-7(14-3-6)9(8(15)16)4-10(12,13)5-9/h1-3H,4-5H2,(H,15,16). The second-order valence-corrected chi connectivity index (χ2v) is 4.87. The number of carboxylic acids is 1. The fraction of sp³-hybridized carbons (Fsp3) is 0.400.